The molecule has 146 valence electrons. The number of nitrogens with two attached hydrogens (primary N) is 1. The first kappa shape index (κ1) is 18.4. The zero-order valence-electron chi connectivity index (χ0n) is 15.8. The van der Waals surface area contributed by atoms with Crippen molar-refractivity contribution in [2.75, 3.05) is 5.73 Å². The maximum Gasteiger partial charge on any atom is 0.156 e. The molecule has 4 aromatic rings. The molecule has 1 aliphatic carbocycles. The molecule has 0 spiro atoms. The van der Waals surface area contributed by atoms with Crippen molar-refractivity contribution in [3.63, 3.8) is 0 Å². The van der Waals surface area contributed by atoms with Gasteiger partial charge >= 0.3 is 0 Å². The van der Waals surface area contributed by atoms with Crippen LogP contribution in [0, 0.1) is 0 Å². The van der Waals surface area contributed by atoms with Gasteiger partial charge in [0.2, 0.25) is 0 Å². The highest BCUT2D eigenvalue weighted by Gasteiger charge is 2.24. The molecule has 29 heavy (non-hydrogen) atoms. The van der Waals surface area contributed by atoms with Crippen LogP contribution in [0.15, 0.2) is 47.8 Å². The summed E-state index contributed by atoms with van der Waals surface area (Å²) in [5.41, 5.74) is 10.0. The summed E-state index contributed by atoms with van der Waals surface area (Å²) in [6, 6.07) is 9.73. The number of pyridine rings is 1. The quantitative estimate of drug-likeness (QED) is 0.499. The second-order valence-corrected chi connectivity index (χ2v) is 8.89. The maximum absolute atomic E-state index is 6.54. The van der Waals surface area contributed by atoms with E-state index in [9.17, 15) is 0 Å². The minimum absolute atomic E-state index is 0.444. The van der Waals surface area contributed by atoms with Gasteiger partial charge in [0.1, 0.15) is 16.4 Å². The molecule has 1 saturated carbocycles. The standard InChI is InChI=1S/C21H19ClN6S/c1-28-9-7-16(27-28)19-18(26-21(20(23)25-19)29-14-5-2-6-14)13-10-12-4-3-8-24-17(12)15(22)11-13/h3-4,7-11,14H,2,5-6H2,1H3,(H2,23,25). The topological polar surface area (TPSA) is 82.5 Å². The number of anilines is 1. The molecule has 2 N–H and O–H groups in total. The Morgan fingerprint density at radius 3 is 2.76 bits per heavy atom. The van der Waals surface area contributed by atoms with E-state index in [0.29, 0.717) is 21.8 Å². The van der Waals surface area contributed by atoms with Crippen molar-refractivity contribution in [3.8, 4) is 22.6 Å². The van der Waals surface area contributed by atoms with Gasteiger partial charge in [-0.05, 0) is 37.1 Å². The first-order valence-corrected chi connectivity index (χ1v) is 10.7. The molecule has 5 rings (SSSR count). The van der Waals surface area contributed by atoms with Gasteiger partial charge in [-0.2, -0.15) is 5.10 Å². The van der Waals surface area contributed by atoms with E-state index < -0.39 is 0 Å². The third kappa shape index (κ3) is 3.45. The zero-order chi connectivity index (χ0) is 20.0. The number of aryl methyl sites for hydroxylation is 1. The normalized spacial score (nSPS) is 14.3. The highest BCUT2D eigenvalue weighted by molar-refractivity contribution is 8.00. The van der Waals surface area contributed by atoms with Gasteiger partial charge in [0.25, 0.3) is 0 Å². The number of thioether (sulfide) groups is 1. The molecule has 6 nitrogen and oxygen atoms in total. The third-order valence-electron chi connectivity index (χ3n) is 5.11. The summed E-state index contributed by atoms with van der Waals surface area (Å²) in [5, 5.41) is 7.38. The van der Waals surface area contributed by atoms with Gasteiger partial charge in [-0.1, -0.05) is 35.9 Å². The summed E-state index contributed by atoms with van der Waals surface area (Å²) in [6.45, 7) is 0. The van der Waals surface area contributed by atoms with Crippen molar-refractivity contribution in [2.45, 2.75) is 29.5 Å². The second-order valence-electron chi connectivity index (χ2n) is 7.19. The first-order chi connectivity index (χ1) is 14.1. The summed E-state index contributed by atoms with van der Waals surface area (Å²) < 4.78 is 1.74. The molecule has 0 radical (unpaired) electrons. The van der Waals surface area contributed by atoms with Crippen LogP contribution in [0.4, 0.5) is 5.82 Å². The van der Waals surface area contributed by atoms with Crippen molar-refractivity contribution >= 4 is 40.1 Å². The Labute approximate surface area is 177 Å². The fourth-order valence-electron chi connectivity index (χ4n) is 3.37. The molecular formula is C21H19ClN6S. The molecule has 0 aliphatic heterocycles. The van der Waals surface area contributed by atoms with Gasteiger partial charge in [0, 0.05) is 35.6 Å². The minimum Gasteiger partial charge on any atom is -0.381 e. The van der Waals surface area contributed by atoms with Crippen LogP contribution in [0.2, 0.25) is 5.02 Å². The number of nitrogens with zero attached hydrogens (tertiary/aromatic N) is 5. The smallest absolute Gasteiger partial charge is 0.156 e. The lowest BCUT2D eigenvalue weighted by Gasteiger charge is -2.24. The highest BCUT2D eigenvalue weighted by Crippen LogP contribution is 2.40. The van der Waals surface area contributed by atoms with E-state index in [0.717, 1.165) is 32.9 Å². The van der Waals surface area contributed by atoms with Gasteiger partial charge in [-0.25, -0.2) is 9.97 Å². The van der Waals surface area contributed by atoms with E-state index in [-0.39, 0.29) is 0 Å². The molecule has 3 heterocycles. The summed E-state index contributed by atoms with van der Waals surface area (Å²) in [4.78, 5) is 14.0. The number of halogens is 1. The van der Waals surface area contributed by atoms with Crippen LogP contribution in [0.25, 0.3) is 33.5 Å². The number of fused-ring (bicyclic) bond motifs is 1. The van der Waals surface area contributed by atoms with E-state index in [1.54, 1.807) is 22.6 Å². The fourth-order valence-corrected chi connectivity index (χ4v) is 4.84. The van der Waals surface area contributed by atoms with Gasteiger partial charge in [-0.15, -0.1) is 0 Å². The number of benzene rings is 1. The number of aromatic nitrogens is 5. The summed E-state index contributed by atoms with van der Waals surface area (Å²) in [6.07, 6.45) is 7.26. The van der Waals surface area contributed by atoms with Gasteiger partial charge in [-0.3, -0.25) is 9.67 Å². The predicted octanol–water partition coefficient (Wildman–Crippen LogP) is 4.97. The predicted molar refractivity (Wildman–Crippen MR) is 118 cm³/mol. The van der Waals surface area contributed by atoms with E-state index in [4.69, 9.17) is 27.3 Å². The van der Waals surface area contributed by atoms with Crippen molar-refractivity contribution in [2.24, 2.45) is 7.05 Å². The average Bonchev–Trinajstić information content (AvgIpc) is 3.11. The van der Waals surface area contributed by atoms with Crippen molar-refractivity contribution in [1.29, 1.82) is 0 Å². The number of hydrogen-bond acceptors (Lipinski definition) is 6. The highest BCUT2D eigenvalue weighted by atomic mass is 35.5. The van der Waals surface area contributed by atoms with Crippen molar-refractivity contribution < 1.29 is 0 Å². The Hall–Kier alpha value is -2.64. The average molecular weight is 423 g/mol. The van der Waals surface area contributed by atoms with Gasteiger partial charge in [0.15, 0.2) is 5.82 Å². The zero-order valence-corrected chi connectivity index (χ0v) is 17.4. The Kier molecular flexibility index (Phi) is 4.64. The van der Waals surface area contributed by atoms with Crippen LogP contribution in [0.3, 0.4) is 0 Å². The molecule has 0 bridgehead atoms. The molecule has 3 aromatic heterocycles. The van der Waals surface area contributed by atoms with Gasteiger partial charge < -0.3 is 5.73 Å². The van der Waals surface area contributed by atoms with Crippen LogP contribution < -0.4 is 5.73 Å². The molecule has 0 saturated heterocycles. The van der Waals surface area contributed by atoms with E-state index in [2.05, 4.69) is 10.1 Å². The Morgan fingerprint density at radius 2 is 2.03 bits per heavy atom. The molecule has 0 unspecified atom stereocenters. The van der Waals surface area contributed by atoms with E-state index in [1.807, 2.05) is 43.6 Å². The van der Waals surface area contributed by atoms with Gasteiger partial charge in [0.05, 0.1) is 16.2 Å². The molecule has 8 heteroatoms. The van der Waals surface area contributed by atoms with Crippen LogP contribution in [0.1, 0.15) is 19.3 Å². The molecule has 1 fully saturated rings. The fraction of sp³-hybridized carbons (Fsp3) is 0.238. The SMILES string of the molecule is Cn1ccc(-c2nc(N)c(SC3CCC3)nc2-c2cc(Cl)c3ncccc3c2)n1. The molecule has 1 aromatic carbocycles. The number of rotatable bonds is 4. The van der Waals surface area contributed by atoms with Crippen LogP contribution in [-0.4, -0.2) is 30.0 Å². The van der Waals surface area contributed by atoms with Crippen LogP contribution in [0.5, 0.6) is 0 Å². The number of nitrogen functional groups attached to an aromatic ring is 1. The number of hydrogen-bond donors (Lipinski definition) is 1. The molecule has 0 amide bonds. The summed E-state index contributed by atoms with van der Waals surface area (Å²) in [7, 11) is 1.87. The van der Waals surface area contributed by atoms with Crippen LogP contribution >= 0.6 is 23.4 Å². The van der Waals surface area contributed by atoms with Crippen LogP contribution in [-0.2, 0) is 7.05 Å². The first-order valence-electron chi connectivity index (χ1n) is 9.47. The molecule has 1 aliphatic rings. The molecule has 0 atom stereocenters. The maximum atomic E-state index is 6.54. The lowest BCUT2D eigenvalue weighted by molar-refractivity contribution is 0.521. The van der Waals surface area contributed by atoms with Crippen molar-refractivity contribution in [1.82, 2.24) is 24.7 Å². The summed E-state index contributed by atoms with van der Waals surface area (Å²) in [5.74, 6) is 0.444. The lowest BCUT2D eigenvalue weighted by Crippen LogP contribution is -2.14. The van der Waals surface area contributed by atoms with E-state index in [1.165, 1.54) is 19.3 Å². The second kappa shape index (κ2) is 7.31. The largest absolute Gasteiger partial charge is 0.381 e. The van der Waals surface area contributed by atoms with Crippen molar-refractivity contribution in [3.05, 3.63) is 47.7 Å². The Bertz CT molecular complexity index is 1220. The summed E-state index contributed by atoms with van der Waals surface area (Å²) >= 11 is 8.25. The van der Waals surface area contributed by atoms with E-state index >= 15 is 0 Å². The monoisotopic (exact) mass is 422 g/mol. The molecular weight excluding hydrogens is 404 g/mol. The lowest BCUT2D eigenvalue weighted by atomic mass is 10.0. The Balaban J connectivity index is 1.71. The third-order valence-corrected chi connectivity index (χ3v) is 6.72. The Morgan fingerprint density at radius 1 is 1.17 bits per heavy atom. The minimum atomic E-state index is 0.444.